The first kappa shape index (κ1) is 15.5. The van der Waals surface area contributed by atoms with Gasteiger partial charge in [0.05, 0.1) is 5.69 Å². The molecular formula is C13H23N3O3. The number of aromatic nitrogens is 2. The number of aromatic carboxylic acids is 1. The van der Waals surface area contributed by atoms with Gasteiger partial charge in [-0.25, -0.2) is 4.79 Å². The van der Waals surface area contributed by atoms with Crippen molar-refractivity contribution < 1.29 is 15.0 Å². The molecule has 3 N–H and O–H groups in total. The summed E-state index contributed by atoms with van der Waals surface area (Å²) in [5.74, 6) is -0.511. The van der Waals surface area contributed by atoms with Crippen LogP contribution in [0.25, 0.3) is 0 Å². The Bertz CT molecular complexity index is 460. The molecule has 0 aliphatic heterocycles. The highest BCUT2D eigenvalue weighted by molar-refractivity contribution is 5.94. The number of aliphatic hydroxyl groups is 1. The monoisotopic (exact) mass is 269 g/mol. The lowest BCUT2D eigenvalue weighted by Crippen LogP contribution is -2.36. The summed E-state index contributed by atoms with van der Waals surface area (Å²) in [6, 6.07) is -0.0367. The van der Waals surface area contributed by atoms with Gasteiger partial charge in [-0.1, -0.05) is 20.8 Å². The molecule has 0 radical (unpaired) electrons. The topological polar surface area (TPSA) is 87.4 Å². The first-order valence-electron chi connectivity index (χ1n) is 6.32. The molecule has 1 atom stereocenters. The van der Waals surface area contributed by atoms with E-state index in [1.807, 2.05) is 20.8 Å². The van der Waals surface area contributed by atoms with E-state index in [-0.39, 0.29) is 23.6 Å². The van der Waals surface area contributed by atoms with Gasteiger partial charge in [0, 0.05) is 19.7 Å². The van der Waals surface area contributed by atoms with Crippen molar-refractivity contribution in [2.24, 2.45) is 12.5 Å². The Morgan fingerprint density at radius 3 is 2.47 bits per heavy atom. The predicted molar refractivity (Wildman–Crippen MR) is 73.5 cm³/mol. The van der Waals surface area contributed by atoms with Gasteiger partial charge in [-0.2, -0.15) is 5.10 Å². The van der Waals surface area contributed by atoms with E-state index < -0.39 is 5.97 Å². The van der Waals surface area contributed by atoms with Gasteiger partial charge in [-0.05, 0) is 18.8 Å². The Kier molecular flexibility index (Phi) is 4.57. The van der Waals surface area contributed by atoms with E-state index >= 15 is 0 Å². The van der Waals surface area contributed by atoms with Gasteiger partial charge in [-0.15, -0.1) is 0 Å². The molecule has 0 saturated carbocycles. The quantitative estimate of drug-likeness (QED) is 0.756. The summed E-state index contributed by atoms with van der Waals surface area (Å²) in [6.07, 6.45) is 0.548. The molecular weight excluding hydrogens is 246 g/mol. The van der Waals surface area contributed by atoms with Gasteiger partial charge in [0.1, 0.15) is 11.4 Å². The number of hydrogen-bond donors (Lipinski definition) is 3. The molecule has 0 saturated heterocycles. The van der Waals surface area contributed by atoms with Crippen molar-refractivity contribution in [3.8, 4) is 0 Å². The Hall–Kier alpha value is -1.56. The molecule has 6 heteroatoms. The number of carbonyl (C=O) groups is 1. The number of carboxylic acids is 1. The van der Waals surface area contributed by atoms with Crippen molar-refractivity contribution in [3.63, 3.8) is 0 Å². The molecule has 1 aromatic heterocycles. The number of carboxylic acid groups (broad SMARTS) is 1. The van der Waals surface area contributed by atoms with Crippen LogP contribution in [0.2, 0.25) is 0 Å². The second-order valence-corrected chi connectivity index (χ2v) is 5.81. The van der Waals surface area contributed by atoms with Gasteiger partial charge in [-0.3, -0.25) is 4.68 Å². The molecule has 0 spiro atoms. The van der Waals surface area contributed by atoms with Crippen LogP contribution in [0.4, 0.5) is 5.82 Å². The molecule has 1 rings (SSSR count). The third-order valence-electron chi connectivity index (χ3n) is 3.21. The van der Waals surface area contributed by atoms with Crippen molar-refractivity contribution >= 4 is 11.8 Å². The van der Waals surface area contributed by atoms with Crippen LogP contribution in [0, 0.1) is 12.3 Å². The molecule has 108 valence electrons. The first-order chi connectivity index (χ1) is 8.68. The highest BCUT2D eigenvalue weighted by atomic mass is 16.4. The molecule has 1 heterocycles. The number of aryl methyl sites for hydroxylation is 2. The summed E-state index contributed by atoms with van der Waals surface area (Å²) in [5, 5.41) is 25.8. The largest absolute Gasteiger partial charge is 0.477 e. The van der Waals surface area contributed by atoms with E-state index in [2.05, 4.69) is 10.4 Å². The van der Waals surface area contributed by atoms with Crippen molar-refractivity contribution in [1.82, 2.24) is 9.78 Å². The van der Waals surface area contributed by atoms with E-state index in [9.17, 15) is 9.90 Å². The summed E-state index contributed by atoms with van der Waals surface area (Å²) >= 11 is 0. The van der Waals surface area contributed by atoms with Crippen molar-refractivity contribution in [1.29, 1.82) is 0 Å². The Labute approximate surface area is 113 Å². The number of anilines is 1. The first-order valence-corrected chi connectivity index (χ1v) is 6.32. The smallest absolute Gasteiger partial charge is 0.341 e. The normalized spacial score (nSPS) is 13.4. The highest BCUT2D eigenvalue weighted by Crippen LogP contribution is 2.28. The van der Waals surface area contributed by atoms with Crippen LogP contribution in [-0.2, 0) is 7.05 Å². The highest BCUT2D eigenvalue weighted by Gasteiger charge is 2.28. The van der Waals surface area contributed by atoms with Crippen LogP contribution >= 0.6 is 0 Å². The average Bonchev–Trinajstić information content (AvgIpc) is 2.51. The van der Waals surface area contributed by atoms with Gasteiger partial charge in [0.15, 0.2) is 0 Å². The number of aliphatic hydroxyl groups excluding tert-OH is 1. The van der Waals surface area contributed by atoms with Gasteiger partial charge in [0.25, 0.3) is 0 Å². The minimum Gasteiger partial charge on any atom is -0.477 e. The fraction of sp³-hybridized carbons (Fsp3) is 0.692. The molecule has 0 aromatic carbocycles. The lowest BCUT2D eigenvalue weighted by molar-refractivity contribution is 0.0697. The van der Waals surface area contributed by atoms with Crippen molar-refractivity contribution in [2.75, 3.05) is 11.9 Å². The second kappa shape index (κ2) is 5.61. The molecule has 0 bridgehead atoms. The fourth-order valence-electron chi connectivity index (χ4n) is 2.10. The molecule has 1 aromatic rings. The summed E-state index contributed by atoms with van der Waals surface area (Å²) in [6.45, 7) is 7.86. The number of nitrogens with one attached hydrogen (secondary N) is 1. The second-order valence-electron chi connectivity index (χ2n) is 5.81. The minimum absolute atomic E-state index is 0.0367. The maximum atomic E-state index is 11.3. The molecule has 6 nitrogen and oxygen atoms in total. The molecule has 1 unspecified atom stereocenters. The van der Waals surface area contributed by atoms with Crippen molar-refractivity contribution in [2.45, 2.75) is 40.2 Å². The van der Waals surface area contributed by atoms with E-state index in [1.54, 1.807) is 14.0 Å². The van der Waals surface area contributed by atoms with E-state index in [0.717, 1.165) is 0 Å². The Balaban J connectivity index is 3.13. The summed E-state index contributed by atoms with van der Waals surface area (Å²) in [5.41, 5.74) is 0.570. The molecule has 0 aliphatic carbocycles. The van der Waals surface area contributed by atoms with E-state index in [1.165, 1.54) is 4.68 Å². The maximum Gasteiger partial charge on any atom is 0.341 e. The molecule has 0 amide bonds. The SMILES string of the molecule is Cc1nn(C)c(NC(CCO)C(C)(C)C)c1C(=O)O. The van der Waals surface area contributed by atoms with Crippen LogP contribution in [0.1, 0.15) is 43.2 Å². The van der Waals surface area contributed by atoms with Gasteiger partial charge < -0.3 is 15.5 Å². The predicted octanol–water partition coefficient (Wildman–Crippen LogP) is 1.64. The van der Waals surface area contributed by atoms with E-state index in [4.69, 9.17) is 5.11 Å². The van der Waals surface area contributed by atoms with Crippen LogP contribution < -0.4 is 5.32 Å². The van der Waals surface area contributed by atoms with E-state index in [0.29, 0.717) is 17.9 Å². The zero-order chi connectivity index (χ0) is 14.8. The van der Waals surface area contributed by atoms with Crippen molar-refractivity contribution in [3.05, 3.63) is 11.3 Å². The zero-order valence-electron chi connectivity index (χ0n) is 12.2. The van der Waals surface area contributed by atoms with Gasteiger partial charge in [0.2, 0.25) is 0 Å². The lowest BCUT2D eigenvalue weighted by atomic mass is 9.85. The average molecular weight is 269 g/mol. The van der Waals surface area contributed by atoms with Crippen LogP contribution in [-0.4, -0.2) is 38.6 Å². The third kappa shape index (κ3) is 3.47. The minimum atomic E-state index is -0.996. The number of rotatable bonds is 5. The van der Waals surface area contributed by atoms with Crippen LogP contribution in [0.5, 0.6) is 0 Å². The van der Waals surface area contributed by atoms with Gasteiger partial charge >= 0.3 is 5.97 Å². The summed E-state index contributed by atoms with van der Waals surface area (Å²) < 4.78 is 1.54. The standard InChI is InChI=1S/C13H23N3O3/c1-8-10(12(18)19)11(16(5)15-8)14-9(6-7-17)13(2,3)4/h9,14,17H,6-7H2,1-5H3,(H,18,19). The van der Waals surface area contributed by atoms with Crippen LogP contribution in [0.15, 0.2) is 0 Å². The zero-order valence-corrected chi connectivity index (χ0v) is 12.2. The maximum absolute atomic E-state index is 11.3. The molecule has 19 heavy (non-hydrogen) atoms. The Morgan fingerprint density at radius 2 is 2.05 bits per heavy atom. The third-order valence-corrected chi connectivity index (χ3v) is 3.21. The molecule has 0 fully saturated rings. The Morgan fingerprint density at radius 1 is 1.47 bits per heavy atom. The summed E-state index contributed by atoms with van der Waals surface area (Å²) in [7, 11) is 1.71. The molecule has 0 aliphatic rings. The summed E-state index contributed by atoms with van der Waals surface area (Å²) in [4.78, 5) is 11.3. The lowest BCUT2D eigenvalue weighted by Gasteiger charge is -2.32. The fourth-order valence-corrected chi connectivity index (χ4v) is 2.10. The van der Waals surface area contributed by atoms with Crippen LogP contribution in [0.3, 0.4) is 0 Å². The number of hydrogen-bond acceptors (Lipinski definition) is 4. The number of nitrogens with zero attached hydrogens (tertiary/aromatic N) is 2.